The molecule has 3 N–H and O–H groups in total. The van der Waals surface area contributed by atoms with Crippen molar-refractivity contribution in [2.45, 2.75) is 58.2 Å². The number of aromatic nitrogens is 5. The largest absolute Gasteiger partial charge is 0.396 e. The fraction of sp³-hybridized carbons (Fsp3) is 0.524. The standard InChI is InChI=1S/C21H28N6O2/c1-15-6-4-7-16-12-17(21(29)22-20(15)16)13-26(10-5-11-28)14-19-23-24-25-27(19)18-8-2-3-9-18/h4,6-7,12,18,28H,2-3,5,8-11,13-14H2,1H3,(H,22,29)/p+1. The number of hydrogen-bond donors (Lipinski definition) is 3. The minimum absolute atomic E-state index is 0.0521. The minimum atomic E-state index is -0.0521. The van der Waals surface area contributed by atoms with E-state index in [9.17, 15) is 9.90 Å². The predicted molar refractivity (Wildman–Crippen MR) is 110 cm³/mol. The number of rotatable bonds is 8. The van der Waals surface area contributed by atoms with E-state index in [0.717, 1.165) is 47.2 Å². The summed E-state index contributed by atoms with van der Waals surface area (Å²) in [7, 11) is 0. The van der Waals surface area contributed by atoms with E-state index in [4.69, 9.17) is 0 Å². The number of para-hydroxylation sites is 1. The lowest BCUT2D eigenvalue weighted by atomic mass is 10.1. The number of nitrogens with one attached hydrogen (secondary N) is 2. The van der Waals surface area contributed by atoms with Crippen molar-refractivity contribution in [2.24, 2.45) is 0 Å². The van der Waals surface area contributed by atoms with Crippen molar-refractivity contribution >= 4 is 10.9 Å². The van der Waals surface area contributed by atoms with Crippen molar-refractivity contribution in [2.75, 3.05) is 13.2 Å². The van der Waals surface area contributed by atoms with Gasteiger partial charge >= 0.3 is 0 Å². The molecule has 8 heteroatoms. The summed E-state index contributed by atoms with van der Waals surface area (Å²) in [6, 6.07) is 8.40. The molecule has 1 fully saturated rings. The van der Waals surface area contributed by atoms with Crippen molar-refractivity contribution in [1.29, 1.82) is 0 Å². The van der Waals surface area contributed by atoms with E-state index in [1.807, 2.05) is 35.9 Å². The van der Waals surface area contributed by atoms with Crippen LogP contribution >= 0.6 is 0 Å². The number of H-pyrrole nitrogens is 1. The number of tetrazole rings is 1. The van der Waals surface area contributed by atoms with Gasteiger partial charge in [0.05, 0.1) is 23.7 Å². The lowest BCUT2D eigenvalue weighted by Crippen LogP contribution is -3.09. The second-order valence-electron chi connectivity index (χ2n) is 8.07. The fourth-order valence-electron chi connectivity index (χ4n) is 4.38. The third-order valence-corrected chi connectivity index (χ3v) is 5.93. The van der Waals surface area contributed by atoms with Crippen LogP contribution in [0, 0.1) is 6.92 Å². The maximum absolute atomic E-state index is 12.7. The molecule has 1 aromatic carbocycles. The van der Waals surface area contributed by atoms with Gasteiger partial charge in [-0.2, -0.15) is 0 Å². The number of pyridine rings is 1. The average Bonchev–Trinajstić information content (AvgIpc) is 3.39. The van der Waals surface area contributed by atoms with Gasteiger partial charge < -0.3 is 15.0 Å². The Kier molecular flexibility index (Phi) is 6.01. The summed E-state index contributed by atoms with van der Waals surface area (Å²) < 4.78 is 1.97. The highest BCUT2D eigenvalue weighted by Crippen LogP contribution is 2.28. The number of nitrogens with zero attached hydrogens (tertiary/aromatic N) is 4. The molecular weight excluding hydrogens is 368 g/mol. The van der Waals surface area contributed by atoms with Crippen molar-refractivity contribution in [3.05, 3.63) is 51.6 Å². The van der Waals surface area contributed by atoms with Gasteiger partial charge in [0.15, 0.2) is 0 Å². The molecule has 0 spiro atoms. The fourth-order valence-corrected chi connectivity index (χ4v) is 4.38. The summed E-state index contributed by atoms with van der Waals surface area (Å²) in [4.78, 5) is 16.9. The summed E-state index contributed by atoms with van der Waals surface area (Å²) in [6.45, 7) is 4.08. The first-order valence-corrected chi connectivity index (χ1v) is 10.5. The van der Waals surface area contributed by atoms with Gasteiger partial charge in [-0.3, -0.25) is 4.79 Å². The summed E-state index contributed by atoms with van der Waals surface area (Å²) >= 11 is 0. The van der Waals surface area contributed by atoms with Gasteiger partial charge in [0, 0.05) is 13.0 Å². The minimum Gasteiger partial charge on any atom is -0.396 e. The van der Waals surface area contributed by atoms with Crippen molar-refractivity contribution < 1.29 is 10.0 Å². The zero-order valence-electron chi connectivity index (χ0n) is 16.9. The van der Waals surface area contributed by atoms with Crippen LogP contribution in [0.1, 0.15) is 55.1 Å². The lowest BCUT2D eigenvalue weighted by molar-refractivity contribution is -0.928. The predicted octanol–water partition coefficient (Wildman–Crippen LogP) is 0.906. The zero-order valence-corrected chi connectivity index (χ0v) is 16.9. The number of hydrogen-bond acceptors (Lipinski definition) is 5. The second-order valence-corrected chi connectivity index (χ2v) is 8.07. The van der Waals surface area contributed by atoms with Gasteiger partial charge in [-0.15, -0.1) is 5.10 Å². The lowest BCUT2D eigenvalue weighted by Gasteiger charge is -2.20. The topological polar surface area (TPSA) is 101 Å². The Morgan fingerprint density at radius 3 is 2.90 bits per heavy atom. The Hall–Kier alpha value is -2.58. The van der Waals surface area contributed by atoms with Crippen molar-refractivity contribution in [3.63, 3.8) is 0 Å². The van der Waals surface area contributed by atoms with Crippen LogP contribution in [0.4, 0.5) is 0 Å². The number of fused-ring (bicyclic) bond motifs is 1. The average molecular weight is 398 g/mol. The van der Waals surface area contributed by atoms with Gasteiger partial charge in [0.1, 0.15) is 13.1 Å². The van der Waals surface area contributed by atoms with Crippen LogP contribution in [0.2, 0.25) is 0 Å². The monoisotopic (exact) mass is 397 g/mol. The highest BCUT2D eigenvalue weighted by atomic mass is 16.3. The summed E-state index contributed by atoms with van der Waals surface area (Å²) in [5.74, 6) is 0.859. The third-order valence-electron chi connectivity index (χ3n) is 5.93. The molecule has 2 heterocycles. The van der Waals surface area contributed by atoms with E-state index in [1.54, 1.807) is 0 Å². The van der Waals surface area contributed by atoms with Crippen LogP contribution in [0.15, 0.2) is 29.1 Å². The molecule has 0 bridgehead atoms. The number of aliphatic hydroxyl groups excluding tert-OH is 1. The number of aryl methyl sites for hydroxylation is 1. The Morgan fingerprint density at radius 2 is 2.10 bits per heavy atom. The smallest absolute Gasteiger partial charge is 0.257 e. The molecule has 3 aromatic rings. The molecule has 1 unspecified atom stereocenters. The Labute approximate surface area is 169 Å². The Bertz CT molecular complexity index is 1020. The SMILES string of the molecule is Cc1cccc2cc(C[NH+](CCCO)Cc3nnnn3C3CCCC3)c(=O)[nH]c12. The molecular formula is C21H29N6O2+. The van der Waals surface area contributed by atoms with Crippen LogP contribution in [0.25, 0.3) is 10.9 Å². The molecule has 29 heavy (non-hydrogen) atoms. The van der Waals surface area contributed by atoms with E-state index in [2.05, 4.69) is 20.5 Å². The van der Waals surface area contributed by atoms with Crippen LogP contribution in [-0.2, 0) is 13.1 Å². The number of aliphatic hydroxyl groups is 1. The summed E-state index contributed by atoms with van der Waals surface area (Å²) in [5.41, 5.74) is 2.65. The van der Waals surface area contributed by atoms with Crippen molar-refractivity contribution in [1.82, 2.24) is 25.2 Å². The van der Waals surface area contributed by atoms with Gasteiger partial charge in [-0.25, -0.2) is 4.68 Å². The van der Waals surface area contributed by atoms with Gasteiger partial charge in [-0.05, 0) is 47.2 Å². The molecule has 8 nitrogen and oxygen atoms in total. The number of benzene rings is 1. The third kappa shape index (κ3) is 4.38. The maximum atomic E-state index is 12.7. The zero-order chi connectivity index (χ0) is 20.2. The molecule has 1 aliphatic rings. The first-order valence-electron chi connectivity index (χ1n) is 10.5. The van der Waals surface area contributed by atoms with E-state index in [1.165, 1.54) is 17.7 Å². The van der Waals surface area contributed by atoms with Crippen molar-refractivity contribution in [3.8, 4) is 0 Å². The number of quaternary nitrogens is 1. The molecule has 1 saturated carbocycles. The van der Waals surface area contributed by atoms with E-state index in [-0.39, 0.29) is 12.2 Å². The Morgan fingerprint density at radius 1 is 1.28 bits per heavy atom. The van der Waals surface area contributed by atoms with E-state index in [0.29, 0.717) is 25.6 Å². The first-order chi connectivity index (χ1) is 14.2. The molecule has 2 aromatic heterocycles. The molecule has 0 radical (unpaired) electrons. The van der Waals surface area contributed by atoms with Gasteiger partial charge in [0.2, 0.25) is 5.82 Å². The molecule has 1 aliphatic carbocycles. The number of aromatic amines is 1. The molecule has 0 saturated heterocycles. The first kappa shape index (κ1) is 19.7. The summed E-state index contributed by atoms with van der Waals surface area (Å²) in [6.07, 6.45) is 5.35. The molecule has 4 rings (SSSR count). The normalized spacial score (nSPS) is 15.9. The Balaban J connectivity index is 1.58. The highest BCUT2D eigenvalue weighted by Gasteiger charge is 2.24. The second kappa shape index (κ2) is 8.84. The quantitative estimate of drug-likeness (QED) is 0.524. The van der Waals surface area contributed by atoms with E-state index < -0.39 is 0 Å². The van der Waals surface area contributed by atoms with E-state index >= 15 is 0 Å². The molecule has 0 amide bonds. The van der Waals surface area contributed by atoms with Crippen LogP contribution in [-0.4, -0.2) is 43.4 Å². The van der Waals surface area contributed by atoms with Crippen LogP contribution in [0.3, 0.4) is 0 Å². The molecule has 1 atom stereocenters. The highest BCUT2D eigenvalue weighted by molar-refractivity contribution is 5.81. The van der Waals surface area contributed by atoms with Crippen LogP contribution in [0.5, 0.6) is 0 Å². The molecule has 154 valence electrons. The van der Waals surface area contributed by atoms with Gasteiger partial charge in [0.25, 0.3) is 5.56 Å². The summed E-state index contributed by atoms with van der Waals surface area (Å²) in [5, 5.41) is 22.8. The van der Waals surface area contributed by atoms with Crippen LogP contribution < -0.4 is 10.5 Å². The van der Waals surface area contributed by atoms with Gasteiger partial charge in [-0.1, -0.05) is 31.0 Å². The molecule has 0 aliphatic heterocycles. The maximum Gasteiger partial charge on any atom is 0.257 e.